The van der Waals surface area contributed by atoms with E-state index >= 15 is 0 Å². The Bertz CT molecular complexity index is 788. The van der Waals surface area contributed by atoms with Crippen molar-refractivity contribution in [1.29, 1.82) is 0 Å². The molecule has 0 radical (unpaired) electrons. The zero-order valence-corrected chi connectivity index (χ0v) is 16.5. The molecule has 0 saturated carbocycles. The maximum Gasteiger partial charge on any atom is 0.326 e. The summed E-state index contributed by atoms with van der Waals surface area (Å²) < 4.78 is 20.9. The van der Waals surface area contributed by atoms with Crippen LogP contribution in [0.3, 0.4) is 0 Å². The quantitative estimate of drug-likeness (QED) is 0.514. The average molecular weight is 395 g/mol. The first kappa shape index (κ1) is 20.6. The molecule has 1 aliphatic heterocycles. The van der Waals surface area contributed by atoms with E-state index in [0.717, 1.165) is 16.7 Å². The van der Waals surface area contributed by atoms with Gasteiger partial charge >= 0.3 is 5.97 Å². The molecular formula is C18H21NO7S. The fraction of sp³-hybridized carbons (Fsp3) is 0.389. The number of rotatable bonds is 7. The zero-order chi connectivity index (χ0) is 20.1. The van der Waals surface area contributed by atoms with Gasteiger partial charge in [-0.1, -0.05) is 0 Å². The number of imide groups is 1. The summed E-state index contributed by atoms with van der Waals surface area (Å²) in [6, 6.07) is 3.35. The van der Waals surface area contributed by atoms with Crippen LogP contribution in [0.5, 0.6) is 17.2 Å². The number of nitrogens with zero attached hydrogens (tertiary/aromatic N) is 1. The molecular weight excluding hydrogens is 374 g/mol. The van der Waals surface area contributed by atoms with Crippen LogP contribution in [0.15, 0.2) is 17.0 Å². The van der Waals surface area contributed by atoms with Crippen molar-refractivity contribution in [3.05, 3.63) is 22.6 Å². The fourth-order valence-corrected chi connectivity index (χ4v) is 3.27. The third-order valence-electron chi connectivity index (χ3n) is 3.55. The summed E-state index contributed by atoms with van der Waals surface area (Å²) in [6.07, 6.45) is 1.18. The van der Waals surface area contributed by atoms with Crippen molar-refractivity contribution >= 4 is 35.0 Å². The lowest BCUT2D eigenvalue weighted by molar-refractivity contribution is -0.149. The lowest BCUT2D eigenvalue weighted by Crippen LogP contribution is -2.35. The van der Waals surface area contributed by atoms with Gasteiger partial charge in [0.1, 0.15) is 6.54 Å². The van der Waals surface area contributed by atoms with Crippen LogP contribution in [0, 0.1) is 0 Å². The lowest BCUT2D eigenvalue weighted by atomic mass is 10.1. The number of carbonyl (C=O) groups excluding carboxylic acids is 3. The van der Waals surface area contributed by atoms with Gasteiger partial charge in [0.25, 0.3) is 11.1 Å². The molecule has 0 N–H and O–H groups in total. The second-order valence-corrected chi connectivity index (χ2v) is 6.72. The van der Waals surface area contributed by atoms with Gasteiger partial charge in [0, 0.05) is 5.56 Å². The van der Waals surface area contributed by atoms with E-state index in [0.29, 0.717) is 22.8 Å². The maximum atomic E-state index is 12.5. The summed E-state index contributed by atoms with van der Waals surface area (Å²) in [4.78, 5) is 37.5. The van der Waals surface area contributed by atoms with Gasteiger partial charge in [0.05, 0.1) is 32.3 Å². The van der Waals surface area contributed by atoms with Gasteiger partial charge in [-0.25, -0.2) is 0 Å². The van der Waals surface area contributed by atoms with E-state index in [1.807, 2.05) is 0 Å². The third-order valence-corrected chi connectivity index (χ3v) is 4.46. The van der Waals surface area contributed by atoms with Crippen LogP contribution < -0.4 is 14.2 Å². The minimum atomic E-state index is -0.641. The first-order chi connectivity index (χ1) is 12.8. The molecule has 1 heterocycles. The van der Waals surface area contributed by atoms with Crippen molar-refractivity contribution in [3.8, 4) is 17.2 Å². The summed E-state index contributed by atoms with van der Waals surface area (Å²) >= 11 is 0.743. The number of benzene rings is 1. The van der Waals surface area contributed by atoms with E-state index < -0.39 is 23.7 Å². The van der Waals surface area contributed by atoms with E-state index in [-0.39, 0.29) is 11.0 Å². The van der Waals surface area contributed by atoms with Crippen LogP contribution in [0.25, 0.3) is 6.08 Å². The summed E-state index contributed by atoms with van der Waals surface area (Å²) in [5.41, 5.74) is 0.533. The smallest absolute Gasteiger partial charge is 0.326 e. The first-order valence-electron chi connectivity index (χ1n) is 8.06. The highest BCUT2D eigenvalue weighted by Crippen LogP contribution is 2.42. The molecule has 0 unspecified atom stereocenters. The molecule has 0 aromatic heterocycles. The fourth-order valence-electron chi connectivity index (χ4n) is 2.44. The highest BCUT2D eigenvalue weighted by Gasteiger charge is 2.37. The molecule has 0 spiro atoms. The van der Waals surface area contributed by atoms with Crippen molar-refractivity contribution in [2.24, 2.45) is 0 Å². The Morgan fingerprint density at radius 3 is 2.33 bits per heavy atom. The standard InChI is InChI=1S/C18H21NO7S/c1-10(2)26-14(20)9-19-17(21)13(27-18(19)22)8-11-6-7-12(23-3)16(25-5)15(11)24-4/h6-8,10H,9H2,1-5H3/b13-8+. The Morgan fingerprint density at radius 1 is 1.11 bits per heavy atom. The molecule has 8 nitrogen and oxygen atoms in total. The molecule has 1 aromatic rings. The second kappa shape index (κ2) is 8.81. The molecule has 1 fully saturated rings. The van der Waals surface area contributed by atoms with Crippen LogP contribution in [-0.4, -0.2) is 56.0 Å². The molecule has 1 aromatic carbocycles. The SMILES string of the molecule is COc1ccc(/C=C2/SC(=O)N(CC(=O)OC(C)C)C2=O)c(OC)c1OC. The first-order valence-corrected chi connectivity index (χ1v) is 8.87. The zero-order valence-electron chi connectivity index (χ0n) is 15.7. The topological polar surface area (TPSA) is 91.4 Å². The number of amides is 2. The molecule has 27 heavy (non-hydrogen) atoms. The minimum Gasteiger partial charge on any atom is -0.493 e. The van der Waals surface area contributed by atoms with Gasteiger partial charge in [-0.15, -0.1) is 0 Å². The molecule has 0 aliphatic carbocycles. The molecule has 2 rings (SSSR count). The molecule has 146 valence electrons. The van der Waals surface area contributed by atoms with Crippen molar-refractivity contribution in [2.75, 3.05) is 27.9 Å². The van der Waals surface area contributed by atoms with E-state index in [1.165, 1.54) is 27.4 Å². The van der Waals surface area contributed by atoms with Crippen LogP contribution in [-0.2, 0) is 14.3 Å². The van der Waals surface area contributed by atoms with Gasteiger partial charge in [0.15, 0.2) is 11.5 Å². The minimum absolute atomic E-state index is 0.169. The third kappa shape index (κ3) is 4.54. The summed E-state index contributed by atoms with van der Waals surface area (Å²) in [5.74, 6) is -0.00724. The number of thioether (sulfide) groups is 1. The average Bonchev–Trinajstić information content (AvgIpc) is 2.87. The Labute approximate surface area is 161 Å². The monoisotopic (exact) mass is 395 g/mol. The summed E-state index contributed by atoms with van der Waals surface area (Å²) in [5, 5.41) is -0.536. The predicted molar refractivity (Wildman–Crippen MR) is 100 cm³/mol. The predicted octanol–water partition coefficient (Wildman–Crippen LogP) is 2.70. The Kier molecular flexibility index (Phi) is 6.73. The van der Waals surface area contributed by atoms with E-state index in [9.17, 15) is 14.4 Å². The highest BCUT2D eigenvalue weighted by atomic mass is 32.2. The summed E-state index contributed by atoms with van der Waals surface area (Å²) in [6.45, 7) is 2.95. The van der Waals surface area contributed by atoms with Crippen molar-refractivity contribution in [3.63, 3.8) is 0 Å². The van der Waals surface area contributed by atoms with Gasteiger partial charge < -0.3 is 18.9 Å². The molecule has 1 saturated heterocycles. The van der Waals surface area contributed by atoms with E-state index in [1.54, 1.807) is 26.0 Å². The molecule has 9 heteroatoms. The highest BCUT2D eigenvalue weighted by molar-refractivity contribution is 8.18. The Balaban J connectivity index is 2.31. The number of carbonyl (C=O) groups is 3. The number of hydrogen-bond acceptors (Lipinski definition) is 8. The molecule has 0 bridgehead atoms. The number of methoxy groups -OCH3 is 3. The Morgan fingerprint density at radius 2 is 1.78 bits per heavy atom. The van der Waals surface area contributed by atoms with Crippen molar-refractivity contribution < 1.29 is 33.3 Å². The van der Waals surface area contributed by atoms with Crippen LogP contribution in [0.4, 0.5) is 4.79 Å². The molecule has 2 amide bonds. The second-order valence-electron chi connectivity index (χ2n) is 5.73. The number of ether oxygens (including phenoxy) is 4. The maximum absolute atomic E-state index is 12.5. The molecule has 0 atom stereocenters. The van der Waals surface area contributed by atoms with Gasteiger partial charge in [-0.2, -0.15) is 0 Å². The van der Waals surface area contributed by atoms with Crippen molar-refractivity contribution in [2.45, 2.75) is 20.0 Å². The number of hydrogen-bond donors (Lipinski definition) is 0. The molecule has 1 aliphatic rings. The van der Waals surface area contributed by atoms with Crippen LogP contribution in [0.1, 0.15) is 19.4 Å². The van der Waals surface area contributed by atoms with E-state index in [2.05, 4.69) is 0 Å². The largest absolute Gasteiger partial charge is 0.493 e. The van der Waals surface area contributed by atoms with Crippen LogP contribution in [0.2, 0.25) is 0 Å². The number of esters is 1. The van der Waals surface area contributed by atoms with Gasteiger partial charge in [0.2, 0.25) is 5.75 Å². The lowest BCUT2D eigenvalue weighted by Gasteiger charge is -2.14. The normalized spacial score (nSPS) is 15.5. The summed E-state index contributed by atoms with van der Waals surface area (Å²) in [7, 11) is 4.43. The van der Waals surface area contributed by atoms with Gasteiger partial charge in [-0.3, -0.25) is 19.3 Å². The Hall–Kier alpha value is -2.68. The van der Waals surface area contributed by atoms with Crippen LogP contribution >= 0.6 is 11.8 Å². The van der Waals surface area contributed by atoms with Gasteiger partial charge in [-0.05, 0) is 43.8 Å². The van der Waals surface area contributed by atoms with Crippen molar-refractivity contribution in [1.82, 2.24) is 4.90 Å². The van der Waals surface area contributed by atoms with E-state index in [4.69, 9.17) is 18.9 Å².